The van der Waals surface area contributed by atoms with Crippen LogP contribution in [0.4, 0.5) is 4.39 Å². The number of nitrogens with zero attached hydrogens (tertiary/aromatic N) is 1. The molecular formula is C23H34FN3O3. The van der Waals surface area contributed by atoms with E-state index < -0.39 is 6.04 Å². The second-order valence-corrected chi connectivity index (χ2v) is 8.92. The van der Waals surface area contributed by atoms with Gasteiger partial charge in [0.05, 0.1) is 0 Å². The van der Waals surface area contributed by atoms with Crippen molar-refractivity contribution in [2.75, 3.05) is 19.6 Å². The van der Waals surface area contributed by atoms with Crippen molar-refractivity contribution in [3.05, 3.63) is 35.6 Å². The fourth-order valence-corrected chi connectivity index (χ4v) is 3.63. The molecule has 0 radical (unpaired) electrons. The maximum atomic E-state index is 13.1. The molecule has 0 aromatic heterocycles. The number of piperidine rings is 1. The Morgan fingerprint density at radius 1 is 1.03 bits per heavy atom. The minimum Gasteiger partial charge on any atom is -0.354 e. The Bertz CT molecular complexity index is 726. The molecular weight excluding hydrogens is 385 g/mol. The Kier molecular flexibility index (Phi) is 8.81. The van der Waals surface area contributed by atoms with E-state index in [4.69, 9.17) is 0 Å². The van der Waals surface area contributed by atoms with Gasteiger partial charge in [-0.3, -0.25) is 14.4 Å². The van der Waals surface area contributed by atoms with Crippen LogP contribution < -0.4 is 10.6 Å². The van der Waals surface area contributed by atoms with Gasteiger partial charge in [0.2, 0.25) is 11.8 Å². The number of nitrogens with one attached hydrogen (secondary N) is 2. The first-order chi connectivity index (χ1) is 14.2. The van der Waals surface area contributed by atoms with Gasteiger partial charge < -0.3 is 15.5 Å². The van der Waals surface area contributed by atoms with Gasteiger partial charge in [-0.15, -0.1) is 0 Å². The van der Waals surface area contributed by atoms with Gasteiger partial charge >= 0.3 is 0 Å². The summed E-state index contributed by atoms with van der Waals surface area (Å²) in [5, 5.41) is 5.86. The second-order valence-electron chi connectivity index (χ2n) is 8.92. The number of likely N-dealkylation sites (tertiary alicyclic amines) is 1. The summed E-state index contributed by atoms with van der Waals surface area (Å²) in [5.74, 6) is -0.319. The van der Waals surface area contributed by atoms with E-state index in [0.29, 0.717) is 50.4 Å². The molecule has 1 heterocycles. The number of amides is 3. The summed E-state index contributed by atoms with van der Waals surface area (Å²) in [5.41, 5.74) is 0.450. The Labute approximate surface area is 178 Å². The smallest absolute Gasteiger partial charge is 0.253 e. The largest absolute Gasteiger partial charge is 0.354 e. The molecule has 1 aromatic rings. The Balaban J connectivity index is 2.01. The standard InChI is InChI=1S/C23H34FN3O3/c1-15(2)13-20(28)26-21(22(29)25-14-16(3)4)17-9-11-27(12-10-17)23(30)18-5-7-19(24)8-6-18/h5-8,15-17,21H,9-14H2,1-4H3,(H,25,29)(H,26,28)/t21-/m0/s1. The molecule has 3 amide bonds. The molecule has 2 rings (SSSR count). The van der Waals surface area contributed by atoms with Crippen LogP contribution in [0.15, 0.2) is 24.3 Å². The highest BCUT2D eigenvalue weighted by Crippen LogP contribution is 2.23. The van der Waals surface area contributed by atoms with Crippen LogP contribution in [0.2, 0.25) is 0 Å². The maximum Gasteiger partial charge on any atom is 0.253 e. The fraction of sp³-hybridized carbons (Fsp3) is 0.609. The Morgan fingerprint density at radius 3 is 2.17 bits per heavy atom. The molecule has 0 aliphatic carbocycles. The predicted octanol–water partition coefficient (Wildman–Crippen LogP) is 2.98. The highest BCUT2D eigenvalue weighted by molar-refractivity contribution is 5.94. The van der Waals surface area contributed by atoms with Crippen molar-refractivity contribution in [2.45, 2.75) is 53.0 Å². The zero-order chi connectivity index (χ0) is 22.3. The molecule has 1 saturated heterocycles. The Hall–Kier alpha value is -2.44. The first-order valence-corrected chi connectivity index (χ1v) is 10.8. The van der Waals surface area contributed by atoms with Gasteiger partial charge in [-0.05, 0) is 54.9 Å². The fourth-order valence-electron chi connectivity index (χ4n) is 3.63. The summed E-state index contributed by atoms with van der Waals surface area (Å²) >= 11 is 0. The van der Waals surface area contributed by atoms with E-state index in [2.05, 4.69) is 10.6 Å². The lowest BCUT2D eigenvalue weighted by molar-refractivity contribution is -0.131. The number of benzene rings is 1. The van der Waals surface area contributed by atoms with E-state index in [1.165, 1.54) is 24.3 Å². The number of carbonyl (C=O) groups is 3. The summed E-state index contributed by atoms with van der Waals surface area (Å²) in [6, 6.07) is 4.92. The van der Waals surface area contributed by atoms with Crippen molar-refractivity contribution in [1.29, 1.82) is 0 Å². The predicted molar refractivity (Wildman–Crippen MR) is 114 cm³/mol. The average Bonchev–Trinajstić information content (AvgIpc) is 2.70. The molecule has 0 bridgehead atoms. The van der Waals surface area contributed by atoms with Crippen LogP contribution in [0.25, 0.3) is 0 Å². The van der Waals surface area contributed by atoms with Crippen LogP contribution >= 0.6 is 0 Å². The molecule has 6 nitrogen and oxygen atoms in total. The van der Waals surface area contributed by atoms with Crippen molar-refractivity contribution >= 4 is 17.7 Å². The SMILES string of the molecule is CC(C)CNC(=O)[C@@H](NC(=O)CC(C)C)C1CCN(C(=O)c2ccc(F)cc2)CC1. The summed E-state index contributed by atoms with van der Waals surface area (Å²) < 4.78 is 13.1. The average molecular weight is 420 g/mol. The number of hydrogen-bond acceptors (Lipinski definition) is 3. The summed E-state index contributed by atoms with van der Waals surface area (Å²) in [7, 11) is 0. The van der Waals surface area contributed by atoms with E-state index >= 15 is 0 Å². The lowest BCUT2D eigenvalue weighted by atomic mass is 9.88. The normalized spacial score (nSPS) is 15.9. The third kappa shape index (κ3) is 7.11. The Morgan fingerprint density at radius 2 is 1.63 bits per heavy atom. The number of rotatable bonds is 8. The monoisotopic (exact) mass is 419 g/mol. The molecule has 166 valence electrons. The van der Waals surface area contributed by atoms with Crippen molar-refractivity contribution in [2.24, 2.45) is 17.8 Å². The summed E-state index contributed by atoms with van der Waals surface area (Å²) in [6.07, 6.45) is 1.61. The van der Waals surface area contributed by atoms with E-state index in [1.54, 1.807) is 4.90 Å². The van der Waals surface area contributed by atoms with Gasteiger partial charge in [0, 0.05) is 31.6 Å². The molecule has 1 atom stereocenters. The first-order valence-electron chi connectivity index (χ1n) is 10.8. The van der Waals surface area contributed by atoms with Gasteiger partial charge in [-0.1, -0.05) is 27.7 Å². The van der Waals surface area contributed by atoms with Gasteiger partial charge in [-0.25, -0.2) is 4.39 Å². The van der Waals surface area contributed by atoms with Crippen LogP contribution in [0.3, 0.4) is 0 Å². The molecule has 30 heavy (non-hydrogen) atoms. The van der Waals surface area contributed by atoms with Gasteiger partial charge in [0.25, 0.3) is 5.91 Å². The highest BCUT2D eigenvalue weighted by atomic mass is 19.1. The molecule has 0 spiro atoms. The molecule has 1 aromatic carbocycles. The lowest BCUT2D eigenvalue weighted by Gasteiger charge is -2.36. The van der Waals surface area contributed by atoms with E-state index in [9.17, 15) is 18.8 Å². The van der Waals surface area contributed by atoms with Crippen LogP contribution in [-0.2, 0) is 9.59 Å². The zero-order valence-electron chi connectivity index (χ0n) is 18.4. The van der Waals surface area contributed by atoms with Crippen LogP contribution in [0.5, 0.6) is 0 Å². The van der Waals surface area contributed by atoms with Crippen LogP contribution in [-0.4, -0.2) is 48.3 Å². The molecule has 0 saturated carbocycles. The minimum absolute atomic E-state index is 0.0365. The van der Waals surface area contributed by atoms with Gasteiger partial charge in [-0.2, -0.15) is 0 Å². The van der Waals surface area contributed by atoms with Crippen LogP contribution in [0, 0.1) is 23.6 Å². The molecule has 1 fully saturated rings. The topological polar surface area (TPSA) is 78.5 Å². The molecule has 1 aliphatic heterocycles. The number of hydrogen-bond donors (Lipinski definition) is 2. The van der Waals surface area contributed by atoms with E-state index in [0.717, 1.165) is 0 Å². The van der Waals surface area contributed by atoms with E-state index in [1.807, 2.05) is 27.7 Å². The van der Waals surface area contributed by atoms with Crippen molar-refractivity contribution in [1.82, 2.24) is 15.5 Å². The third-order valence-electron chi connectivity index (χ3n) is 5.27. The summed E-state index contributed by atoms with van der Waals surface area (Å²) in [4.78, 5) is 39.5. The first kappa shape index (κ1) is 23.8. The number of carbonyl (C=O) groups excluding carboxylic acids is 3. The van der Waals surface area contributed by atoms with E-state index in [-0.39, 0.29) is 35.4 Å². The quantitative estimate of drug-likeness (QED) is 0.680. The van der Waals surface area contributed by atoms with Gasteiger partial charge in [0.15, 0.2) is 0 Å². The van der Waals surface area contributed by atoms with Crippen molar-refractivity contribution < 1.29 is 18.8 Å². The maximum absolute atomic E-state index is 13.1. The van der Waals surface area contributed by atoms with Gasteiger partial charge in [0.1, 0.15) is 11.9 Å². The van der Waals surface area contributed by atoms with Crippen molar-refractivity contribution in [3.8, 4) is 0 Å². The summed E-state index contributed by atoms with van der Waals surface area (Å²) in [6.45, 7) is 9.51. The van der Waals surface area contributed by atoms with Crippen molar-refractivity contribution in [3.63, 3.8) is 0 Å². The molecule has 1 aliphatic rings. The van der Waals surface area contributed by atoms with Crippen LogP contribution in [0.1, 0.15) is 57.3 Å². The second kappa shape index (κ2) is 11.1. The molecule has 7 heteroatoms. The molecule has 2 N–H and O–H groups in total. The third-order valence-corrected chi connectivity index (χ3v) is 5.27. The number of halogens is 1. The zero-order valence-corrected chi connectivity index (χ0v) is 18.4. The lowest BCUT2D eigenvalue weighted by Crippen LogP contribution is -2.54. The minimum atomic E-state index is -0.599. The molecule has 0 unspecified atom stereocenters. The highest BCUT2D eigenvalue weighted by Gasteiger charge is 2.34.